The van der Waals surface area contributed by atoms with Crippen molar-refractivity contribution in [3.05, 3.63) is 33.5 Å². The Kier molecular flexibility index (Phi) is 18.5. The summed E-state index contributed by atoms with van der Waals surface area (Å²) in [5.74, 6) is 0.398. The topological polar surface area (TPSA) is 44.8 Å². The molecule has 1 aliphatic rings. The molecule has 4 atom stereocenters. The average Bonchev–Trinajstić information content (AvgIpc) is 2.93. The quantitative estimate of drug-likeness (QED) is 0.0512. The van der Waals surface area contributed by atoms with Crippen LogP contribution in [0, 0.1) is 17.8 Å². The van der Waals surface area contributed by atoms with Crippen molar-refractivity contribution in [2.45, 2.75) is 151 Å². The summed E-state index contributed by atoms with van der Waals surface area (Å²) in [6.45, 7) is 30.4. The van der Waals surface area contributed by atoms with E-state index >= 15 is 0 Å². The number of unbranched alkanes of at least 4 members (excludes halogenated alkanes) is 3. The van der Waals surface area contributed by atoms with Crippen molar-refractivity contribution in [2.75, 3.05) is 20.5 Å². The Bertz CT molecular complexity index is 894. The summed E-state index contributed by atoms with van der Waals surface area (Å²) < 4.78 is 23.9. The van der Waals surface area contributed by atoms with Gasteiger partial charge in [0, 0.05) is 0 Å². The van der Waals surface area contributed by atoms with Gasteiger partial charge in [0.25, 0.3) is 0 Å². The van der Waals surface area contributed by atoms with E-state index in [-0.39, 0.29) is 41.5 Å². The van der Waals surface area contributed by atoms with Crippen LogP contribution in [-0.2, 0) is 18.7 Å². The standard InChI is InChI=1S/C25H43O4Si.3C4H9.Sn/c1-18(2)21-15-19(3)16-23(28-17-27-8)24(21)20(4)22(26)13-11-12-14-29-30(9,10)25(5,6)7;3*1-3-4-2;/h13,16,20-21,23-24H,1,12,14-15,17H2,2-10H3;3*1,3-4H2,2H3;/t20?,21-,23+,24?;;;;/m0..../s1. The number of rotatable bonds is 21. The summed E-state index contributed by atoms with van der Waals surface area (Å²) in [5.41, 5.74) is 2.44. The number of hydrogen-bond donors (Lipinski definition) is 0. The normalized spacial score (nSPS) is 21.1. The van der Waals surface area contributed by atoms with Crippen molar-refractivity contribution >= 4 is 32.5 Å². The van der Waals surface area contributed by atoms with Crippen LogP contribution in [-0.4, -0.2) is 59.1 Å². The van der Waals surface area contributed by atoms with Crippen LogP contribution >= 0.6 is 0 Å². The first kappa shape index (κ1) is 40.8. The molecule has 0 heterocycles. The van der Waals surface area contributed by atoms with E-state index in [1.165, 1.54) is 57.4 Å². The summed E-state index contributed by atoms with van der Waals surface area (Å²) in [6, 6.07) is 0. The molecular weight excluding hydrogens is 655 g/mol. The monoisotopic (exact) mass is 726 g/mol. The van der Waals surface area contributed by atoms with Gasteiger partial charge in [0.2, 0.25) is 0 Å². The van der Waals surface area contributed by atoms with Gasteiger partial charge in [0.15, 0.2) is 0 Å². The van der Waals surface area contributed by atoms with Crippen LogP contribution < -0.4 is 0 Å². The predicted molar refractivity (Wildman–Crippen MR) is 192 cm³/mol. The number of ketones is 1. The van der Waals surface area contributed by atoms with Gasteiger partial charge < -0.3 is 0 Å². The fraction of sp³-hybridized carbons (Fsp3) is 0.811. The molecule has 1 aliphatic carbocycles. The molecule has 0 aliphatic heterocycles. The fourth-order valence-electron chi connectivity index (χ4n) is 6.63. The summed E-state index contributed by atoms with van der Waals surface area (Å²) in [6.07, 6.45) is 13.6. The van der Waals surface area contributed by atoms with E-state index < -0.39 is 26.7 Å². The molecule has 43 heavy (non-hydrogen) atoms. The van der Waals surface area contributed by atoms with E-state index in [9.17, 15) is 4.79 Å². The van der Waals surface area contributed by atoms with Gasteiger partial charge in [0.1, 0.15) is 0 Å². The summed E-state index contributed by atoms with van der Waals surface area (Å²) in [5, 5.41) is 0.176. The van der Waals surface area contributed by atoms with Crippen LogP contribution in [0.1, 0.15) is 114 Å². The van der Waals surface area contributed by atoms with Crippen molar-refractivity contribution in [3.63, 3.8) is 0 Å². The minimum absolute atomic E-state index is 0.0522. The van der Waals surface area contributed by atoms with Crippen LogP contribution in [0.2, 0.25) is 31.4 Å². The molecule has 0 saturated carbocycles. The maximum absolute atomic E-state index is 14.5. The summed E-state index contributed by atoms with van der Waals surface area (Å²) >= 11 is -2.87. The third kappa shape index (κ3) is 12.5. The molecule has 0 bridgehead atoms. The van der Waals surface area contributed by atoms with Crippen LogP contribution in [0.5, 0.6) is 0 Å². The third-order valence-corrected chi connectivity index (χ3v) is 31.3. The van der Waals surface area contributed by atoms with Crippen molar-refractivity contribution < 1.29 is 18.7 Å². The van der Waals surface area contributed by atoms with Crippen molar-refractivity contribution in [1.29, 1.82) is 0 Å². The zero-order chi connectivity index (χ0) is 32.8. The van der Waals surface area contributed by atoms with E-state index in [2.05, 4.69) is 94.1 Å². The molecular formula is C37H70O4SiSn. The van der Waals surface area contributed by atoms with Crippen molar-refractivity contribution in [2.24, 2.45) is 17.8 Å². The van der Waals surface area contributed by atoms with E-state index in [0.717, 1.165) is 25.0 Å². The molecule has 6 heteroatoms. The van der Waals surface area contributed by atoms with Gasteiger partial charge in [0.05, 0.1) is 0 Å². The number of carbonyl (C=O) groups is 1. The Balaban J connectivity index is 3.64. The first-order valence-electron chi connectivity index (χ1n) is 17.4. The Morgan fingerprint density at radius 2 is 1.63 bits per heavy atom. The van der Waals surface area contributed by atoms with Gasteiger partial charge >= 0.3 is 274 Å². The molecule has 0 amide bonds. The Morgan fingerprint density at radius 3 is 2.07 bits per heavy atom. The van der Waals surface area contributed by atoms with E-state index in [0.29, 0.717) is 0 Å². The van der Waals surface area contributed by atoms with Gasteiger partial charge in [-0.3, -0.25) is 0 Å². The molecule has 0 saturated heterocycles. The molecule has 0 aromatic carbocycles. The second-order valence-corrected chi connectivity index (χ2v) is 33.3. The van der Waals surface area contributed by atoms with E-state index in [4.69, 9.17) is 13.9 Å². The third-order valence-electron chi connectivity index (χ3n) is 10.5. The number of hydrogen-bond acceptors (Lipinski definition) is 4. The zero-order valence-corrected chi connectivity index (χ0v) is 34.4. The minimum atomic E-state index is -2.87. The SMILES string of the molecule is C=C(C)[C@@H]1CC(C)=C[C@@H](OCOC)C1C(C)C(=O)/C=[C](\CCO[Si](C)(C)C(C)(C)C)[Sn]([CH2]CCC)([CH2]CCC)[CH2]CCC. The number of ether oxygens (including phenoxy) is 2. The number of allylic oxidation sites excluding steroid dienone is 3. The van der Waals surface area contributed by atoms with Crippen LogP contribution in [0.25, 0.3) is 0 Å². The number of carbonyl (C=O) groups excluding carboxylic acids is 1. The Labute approximate surface area is 272 Å². The molecule has 0 radical (unpaired) electrons. The molecule has 0 N–H and O–H groups in total. The molecule has 1 rings (SSSR count). The zero-order valence-electron chi connectivity index (χ0n) is 30.5. The molecule has 2 unspecified atom stereocenters. The van der Waals surface area contributed by atoms with Gasteiger partial charge in [-0.05, 0) is 0 Å². The van der Waals surface area contributed by atoms with Gasteiger partial charge in [-0.2, -0.15) is 0 Å². The fourth-order valence-corrected chi connectivity index (χ4v) is 24.5. The molecule has 0 fully saturated rings. The first-order valence-corrected chi connectivity index (χ1v) is 27.8. The molecule has 250 valence electrons. The Hall–Kier alpha value is -0.214. The van der Waals surface area contributed by atoms with Gasteiger partial charge in [-0.1, -0.05) is 0 Å². The molecule has 4 nitrogen and oxygen atoms in total. The maximum atomic E-state index is 14.5. The van der Waals surface area contributed by atoms with Crippen molar-refractivity contribution in [1.82, 2.24) is 0 Å². The van der Waals surface area contributed by atoms with Gasteiger partial charge in [-0.25, -0.2) is 0 Å². The predicted octanol–water partition coefficient (Wildman–Crippen LogP) is 11.1. The van der Waals surface area contributed by atoms with Crippen molar-refractivity contribution in [3.8, 4) is 0 Å². The number of methoxy groups -OCH3 is 1. The van der Waals surface area contributed by atoms with Gasteiger partial charge in [-0.15, -0.1) is 0 Å². The van der Waals surface area contributed by atoms with E-state index in [1.54, 1.807) is 10.7 Å². The Morgan fingerprint density at radius 1 is 1.09 bits per heavy atom. The average molecular weight is 726 g/mol. The molecule has 0 aromatic heterocycles. The second-order valence-electron chi connectivity index (χ2n) is 15.1. The van der Waals surface area contributed by atoms with Crippen LogP contribution in [0.15, 0.2) is 33.5 Å². The summed E-state index contributed by atoms with van der Waals surface area (Å²) in [4.78, 5) is 14.5. The summed E-state index contributed by atoms with van der Waals surface area (Å²) in [7, 11) is -0.217. The van der Waals surface area contributed by atoms with Crippen LogP contribution in [0.4, 0.5) is 0 Å². The second kappa shape index (κ2) is 19.4. The first-order chi connectivity index (χ1) is 20.1. The molecule has 0 spiro atoms. The van der Waals surface area contributed by atoms with Crippen LogP contribution in [0.3, 0.4) is 0 Å². The molecule has 0 aromatic rings. The van der Waals surface area contributed by atoms with E-state index in [1.807, 2.05) is 0 Å².